The first-order valence-electron chi connectivity index (χ1n) is 7.29. The van der Waals surface area contributed by atoms with Crippen LogP contribution < -0.4 is 5.73 Å². The summed E-state index contributed by atoms with van der Waals surface area (Å²) < 4.78 is 54.1. The highest BCUT2D eigenvalue weighted by Gasteiger charge is 2.32. The maximum absolute atomic E-state index is 12.7. The number of nitrogens with zero attached hydrogens (tertiary/aromatic N) is 3. The fourth-order valence-corrected chi connectivity index (χ4v) is 3.05. The second-order valence-corrected chi connectivity index (χ2v) is 8.37. The summed E-state index contributed by atoms with van der Waals surface area (Å²) >= 11 is 0. The molecule has 2 unspecified atom stereocenters. The lowest BCUT2D eigenvalue weighted by molar-refractivity contribution is -0.141. The molecule has 1 fully saturated rings. The second kappa shape index (κ2) is 6.96. The van der Waals surface area contributed by atoms with E-state index in [1.807, 2.05) is 0 Å². The third kappa shape index (κ3) is 5.08. The number of hydrogen-bond acceptors (Lipinski definition) is 4. The SMILES string of the molecule is CC(c1ccc(C(F)(F)F)nc1)S(C)(=O)=N/C(N)=N/OCC1CC1. The summed E-state index contributed by atoms with van der Waals surface area (Å²) in [6.45, 7) is 2.02. The quantitative estimate of drug-likeness (QED) is 0.494. The first-order chi connectivity index (χ1) is 11.1. The molecule has 0 spiro atoms. The molecule has 1 aromatic rings. The van der Waals surface area contributed by atoms with Crippen molar-refractivity contribution in [3.05, 3.63) is 29.6 Å². The van der Waals surface area contributed by atoms with Crippen molar-refractivity contribution >= 4 is 15.7 Å². The topological polar surface area (TPSA) is 89.9 Å². The molecule has 1 aliphatic rings. The number of pyridine rings is 1. The van der Waals surface area contributed by atoms with Gasteiger partial charge < -0.3 is 10.6 Å². The van der Waals surface area contributed by atoms with Crippen molar-refractivity contribution in [3.63, 3.8) is 0 Å². The Bertz CT molecular complexity index is 721. The molecule has 1 saturated carbocycles. The van der Waals surface area contributed by atoms with Gasteiger partial charge in [0.15, 0.2) is 0 Å². The van der Waals surface area contributed by atoms with E-state index >= 15 is 0 Å². The van der Waals surface area contributed by atoms with Gasteiger partial charge in [0.05, 0.1) is 15.0 Å². The molecule has 2 N–H and O–H groups in total. The van der Waals surface area contributed by atoms with E-state index in [0.717, 1.165) is 25.1 Å². The van der Waals surface area contributed by atoms with E-state index in [0.29, 0.717) is 18.1 Å². The van der Waals surface area contributed by atoms with Gasteiger partial charge in [-0.2, -0.15) is 17.5 Å². The van der Waals surface area contributed by atoms with Gasteiger partial charge in [-0.15, -0.1) is 0 Å². The van der Waals surface area contributed by atoms with Crippen LogP contribution in [0.3, 0.4) is 0 Å². The van der Waals surface area contributed by atoms with Gasteiger partial charge in [0.1, 0.15) is 12.3 Å². The van der Waals surface area contributed by atoms with Crippen LogP contribution in [-0.4, -0.2) is 28.0 Å². The molecule has 1 aromatic heterocycles. The van der Waals surface area contributed by atoms with Crippen LogP contribution in [0.5, 0.6) is 0 Å². The number of nitrogens with two attached hydrogens (primary N) is 1. The van der Waals surface area contributed by atoms with Crippen molar-refractivity contribution in [1.29, 1.82) is 0 Å². The molecule has 2 atom stereocenters. The maximum atomic E-state index is 12.7. The standard InChI is InChI=1S/C14H19F3N4O2S/c1-9(11-5-6-12(19-7-11)14(15,16)17)24(2,22)21-13(18)20-23-8-10-3-4-10/h5-7,9-10H,3-4,8H2,1-2H3,(H2,18,20). The average molecular weight is 364 g/mol. The Morgan fingerprint density at radius 3 is 2.67 bits per heavy atom. The third-order valence-corrected chi connectivity index (χ3v) is 5.78. The zero-order valence-corrected chi connectivity index (χ0v) is 14.1. The van der Waals surface area contributed by atoms with Crippen LogP contribution in [0, 0.1) is 5.92 Å². The summed E-state index contributed by atoms with van der Waals surface area (Å²) in [6.07, 6.45) is 0.0710. The van der Waals surface area contributed by atoms with Crippen molar-refractivity contribution < 1.29 is 22.2 Å². The molecule has 6 nitrogen and oxygen atoms in total. The van der Waals surface area contributed by atoms with Gasteiger partial charge in [0.25, 0.3) is 5.96 Å². The molecule has 0 saturated heterocycles. The van der Waals surface area contributed by atoms with Crippen LogP contribution in [0.2, 0.25) is 0 Å². The van der Waals surface area contributed by atoms with E-state index < -0.39 is 26.8 Å². The minimum atomic E-state index is -4.52. The molecule has 24 heavy (non-hydrogen) atoms. The molecule has 0 aliphatic heterocycles. The molecule has 0 aromatic carbocycles. The van der Waals surface area contributed by atoms with E-state index in [4.69, 9.17) is 10.6 Å². The van der Waals surface area contributed by atoms with Gasteiger partial charge in [0.2, 0.25) is 0 Å². The molecule has 0 bridgehead atoms. The van der Waals surface area contributed by atoms with E-state index in [2.05, 4.69) is 14.5 Å². The van der Waals surface area contributed by atoms with Crippen LogP contribution in [0.25, 0.3) is 0 Å². The smallest absolute Gasteiger partial charge is 0.392 e. The van der Waals surface area contributed by atoms with Gasteiger partial charge >= 0.3 is 6.18 Å². The fraction of sp³-hybridized carbons (Fsp3) is 0.571. The molecule has 2 rings (SSSR count). The highest BCUT2D eigenvalue weighted by Crippen LogP contribution is 2.30. The Labute approximate surface area is 138 Å². The summed E-state index contributed by atoms with van der Waals surface area (Å²) in [5.41, 5.74) is 4.94. The number of alkyl halides is 3. The summed E-state index contributed by atoms with van der Waals surface area (Å²) in [4.78, 5) is 8.37. The third-order valence-electron chi connectivity index (χ3n) is 3.64. The minimum Gasteiger partial charge on any atom is -0.392 e. The van der Waals surface area contributed by atoms with Crippen molar-refractivity contribution in [3.8, 4) is 0 Å². The Morgan fingerprint density at radius 2 is 2.17 bits per heavy atom. The predicted molar refractivity (Wildman–Crippen MR) is 84.4 cm³/mol. The number of halogens is 3. The van der Waals surface area contributed by atoms with E-state index in [1.54, 1.807) is 6.92 Å². The van der Waals surface area contributed by atoms with Crippen LogP contribution >= 0.6 is 0 Å². The number of guanidine groups is 1. The average Bonchev–Trinajstić information content (AvgIpc) is 3.29. The highest BCUT2D eigenvalue weighted by molar-refractivity contribution is 7.93. The van der Waals surface area contributed by atoms with Gasteiger partial charge in [0, 0.05) is 12.5 Å². The molecule has 10 heteroatoms. The van der Waals surface area contributed by atoms with Crippen LogP contribution in [0.1, 0.15) is 36.3 Å². The molecule has 0 radical (unpaired) electrons. The first-order valence-corrected chi connectivity index (χ1v) is 9.28. The van der Waals surface area contributed by atoms with Crippen LogP contribution in [0.4, 0.5) is 13.2 Å². The van der Waals surface area contributed by atoms with Crippen LogP contribution in [-0.2, 0) is 20.7 Å². The number of hydrogen-bond donors (Lipinski definition) is 1. The zero-order chi connectivity index (χ0) is 18.0. The molecule has 1 aliphatic carbocycles. The molecular weight excluding hydrogens is 345 g/mol. The minimum absolute atomic E-state index is 0.255. The van der Waals surface area contributed by atoms with E-state index in [-0.39, 0.29) is 5.96 Å². The zero-order valence-electron chi connectivity index (χ0n) is 13.3. The maximum Gasteiger partial charge on any atom is 0.433 e. The molecule has 1 heterocycles. The fourth-order valence-electron chi connectivity index (χ4n) is 1.84. The Kier molecular flexibility index (Phi) is 5.36. The summed E-state index contributed by atoms with van der Waals surface area (Å²) in [5, 5.41) is 2.92. The van der Waals surface area contributed by atoms with Crippen LogP contribution in [0.15, 0.2) is 27.8 Å². The van der Waals surface area contributed by atoms with Crippen molar-refractivity contribution in [2.75, 3.05) is 12.9 Å². The number of oxime groups is 1. The first kappa shape index (κ1) is 18.5. The van der Waals surface area contributed by atoms with E-state index in [9.17, 15) is 17.4 Å². The predicted octanol–water partition coefficient (Wildman–Crippen LogP) is 2.92. The lowest BCUT2D eigenvalue weighted by Gasteiger charge is -2.14. The molecule has 134 valence electrons. The monoisotopic (exact) mass is 364 g/mol. The Hall–Kier alpha value is -1.84. The Morgan fingerprint density at radius 1 is 1.50 bits per heavy atom. The van der Waals surface area contributed by atoms with Crippen molar-refractivity contribution in [2.45, 2.75) is 31.2 Å². The number of aromatic nitrogens is 1. The normalized spacial score (nSPS) is 19.5. The summed E-state index contributed by atoms with van der Waals surface area (Å²) in [5.74, 6) is 0.236. The van der Waals surface area contributed by atoms with Crippen molar-refractivity contribution in [2.24, 2.45) is 21.2 Å². The highest BCUT2D eigenvalue weighted by atomic mass is 32.2. The molecule has 0 amide bonds. The van der Waals surface area contributed by atoms with Crippen molar-refractivity contribution in [1.82, 2.24) is 4.98 Å². The summed E-state index contributed by atoms with van der Waals surface area (Å²) in [7, 11) is -2.88. The lowest BCUT2D eigenvalue weighted by atomic mass is 10.2. The van der Waals surface area contributed by atoms with Gasteiger partial charge in [-0.1, -0.05) is 6.07 Å². The van der Waals surface area contributed by atoms with E-state index in [1.165, 1.54) is 12.3 Å². The van der Waals surface area contributed by atoms with Gasteiger partial charge in [-0.3, -0.25) is 4.98 Å². The van der Waals surface area contributed by atoms with Gasteiger partial charge in [-0.25, -0.2) is 4.21 Å². The largest absolute Gasteiger partial charge is 0.433 e. The lowest BCUT2D eigenvalue weighted by Crippen LogP contribution is -2.17. The second-order valence-electron chi connectivity index (χ2n) is 5.76. The Balaban J connectivity index is 2.11. The summed E-state index contributed by atoms with van der Waals surface area (Å²) in [6, 6.07) is 2.08. The number of rotatable bonds is 5. The molecular formula is C14H19F3N4O2S. The van der Waals surface area contributed by atoms with Gasteiger partial charge in [-0.05, 0) is 42.5 Å².